The Morgan fingerprint density at radius 2 is 2.19 bits per heavy atom. The summed E-state index contributed by atoms with van der Waals surface area (Å²) in [6.07, 6.45) is 6.20. The summed E-state index contributed by atoms with van der Waals surface area (Å²) in [5.41, 5.74) is 3.14. The number of anilines is 1. The van der Waals surface area contributed by atoms with Crippen LogP contribution in [0.4, 0.5) is 5.69 Å². The fourth-order valence-electron chi connectivity index (χ4n) is 3.08. The second-order valence-corrected chi connectivity index (χ2v) is 6.03. The molecule has 0 bridgehead atoms. The van der Waals surface area contributed by atoms with E-state index in [0.717, 1.165) is 37.3 Å². The molecule has 0 radical (unpaired) electrons. The van der Waals surface area contributed by atoms with Gasteiger partial charge in [0.05, 0.1) is 11.3 Å². The molecule has 1 aromatic carbocycles. The maximum Gasteiger partial charge on any atom is 0.101 e. The molecule has 114 valence electrons. The Hall–Kier alpha value is -1.53. The van der Waals surface area contributed by atoms with Crippen molar-refractivity contribution < 1.29 is 0 Å². The van der Waals surface area contributed by atoms with Crippen molar-refractivity contribution in [3.8, 4) is 6.07 Å². The number of nitrogens with zero attached hydrogens (tertiary/aromatic N) is 2. The highest BCUT2D eigenvalue weighted by molar-refractivity contribution is 5.61. The Morgan fingerprint density at radius 3 is 2.95 bits per heavy atom. The smallest absolute Gasteiger partial charge is 0.101 e. The first-order valence-corrected chi connectivity index (χ1v) is 8.26. The third kappa shape index (κ3) is 4.22. The van der Waals surface area contributed by atoms with E-state index in [0.29, 0.717) is 6.04 Å². The van der Waals surface area contributed by atoms with Crippen molar-refractivity contribution >= 4 is 5.69 Å². The van der Waals surface area contributed by atoms with Gasteiger partial charge in [0, 0.05) is 19.1 Å². The van der Waals surface area contributed by atoms with E-state index in [4.69, 9.17) is 0 Å². The van der Waals surface area contributed by atoms with Crippen LogP contribution in [0, 0.1) is 11.3 Å². The Morgan fingerprint density at radius 1 is 1.33 bits per heavy atom. The van der Waals surface area contributed by atoms with Gasteiger partial charge in [-0.3, -0.25) is 0 Å². The number of nitrogens with one attached hydrogen (secondary N) is 1. The fraction of sp³-hybridized carbons (Fsp3) is 0.611. The van der Waals surface area contributed by atoms with Gasteiger partial charge in [0.2, 0.25) is 0 Å². The molecule has 1 fully saturated rings. The van der Waals surface area contributed by atoms with E-state index in [9.17, 15) is 5.26 Å². The Balaban J connectivity index is 2.17. The van der Waals surface area contributed by atoms with Crippen LogP contribution in [0.5, 0.6) is 0 Å². The van der Waals surface area contributed by atoms with Crippen LogP contribution in [-0.2, 0) is 6.54 Å². The van der Waals surface area contributed by atoms with Crippen molar-refractivity contribution in [2.24, 2.45) is 0 Å². The summed E-state index contributed by atoms with van der Waals surface area (Å²) in [5.74, 6) is 0. The topological polar surface area (TPSA) is 39.1 Å². The summed E-state index contributed by atoms with van der Waals surface area (Å²) in [7, 11) is 0. The molecule has 0 aliphatic carbocycles. The van der Waals surface area contributed by atoms with Gasteiger partial charge in [0.15, 0.2) is 0 Å². The molecule has 1 aliphatic heterocycles. The van der Waals surface area contributed by atoms with Crippen molar-refractivity contribution in [2.45, 2.75) is 58.5 Å². The first-order valence-electron chi connectivity index (χ1n) is 8.26. The van der Waals surface area contributed by atoms with E-state index in [1.807, 2.05) is 0 Å². The van der Waals surface area contributed by atoms with Crippen molar-refractivity contribution in [3.63, 3.8) is 0 Å². The van der Waals surface area contributed by atoms with Gasteiger partial charge in [0.25, 0.3) is 0 Å². The van der Waals surface area contributed by atoms with Crippen molar-refractivity contribution in [3.05, 3.63) is 29.3 Å². The van der Waals surface area contributed by atoms with E-state index in [1.54, 1.807) is 0 Å². The van der Waals surface area contributed by atoms with Gasteiger partial charge in [-0.05, 0) is 50.4 Å². The molecule has 3 heteroatoms. The lowest BCUT2D eigenvalue weighted by molar-refractivity contribution is 0.615. The number of rotatable bonds is 5. The molecule has 1 atom stereocenters. The molecule has 1 unspecified atom stereocenters. The van der Waals surface area contributed by atoms with Gasteiger partial charge < -0.3 is 10.2 Å². The highest BCUT2D eigenvalue weighted by Gasteiger charge is 2.19. The van der Waals surface area contributed by atoms with Crippen LogP contribution in [0.2, 0.25) is 0 Å². The van der Waals surface area contributed by atoms with E-state index in [2.05, 4.69) is 48.3 Å². The highest BCUT2D eigenvalue weighted by Crippen LogP contribution is 2.27. The normalized spacial score (nSPS) is 19.1. The van der Waals surface area contributed by atoms with Crippen LogP contribution in [0.15, 0.2) is 18.2 Å². The van der Waals surface area contributed by atoms with Gasteiger partial charge >= 0.3 is 0 Å². The van der Waals surface area contributed by atoms with Crippen LogP contribution in [-0.4, -0.2) is 19.1 Å². The second kappa shape index (κ2) is 8.05. The van der Waals surface area contributed by atoms with E-state index in [1.165, 1.54) is 31.2 Å². The predicted molar refractivity (Wildman–Crippen MR) is 88.4 cm³/mol. The number of nitriles is 1. The molecule has 0 aromatic heterocycles. The van der Waals surface area contributed by atoms with Crippen molar-refractivity contribution in [2.75, 3.05) is 18.0 Å². The monoisotopic (exact) mass is 285 g/mol. The molecule has 1 saturated heterocycles. The maximum atomic E-state index is 9.50. The second-order valence-electron chi connectivity index (χ2n) is 6.03. The zero-order valence-corrected chi connectivity index (χ0v) is 13.4. The van der Waals surface area contributed by atoms with Crippen LogP contribution in [0.25, 0.3) is 0 Å². The van der Waals surface area contributed by atoms with Gasteiger partial charge in [-0.1, -0.05) is 25.8 Å². The first-order chi connectivity index (χ1) is 10.3. The average Bonchev–Trinajstić information content (AvgIpc) is 2.72. The zero-order valence-electron chi connectivity index (χ0n) is 13.4. The SMILES string of the molecule is CCCNCc1ccc(N2CCCCCC2C)c(C#N)c1. The lowest BCUT2D eigenvalue weighted by atomic mass is 10.1. The van der Waals surface area contributed by atoms with E-state index < -0.39 is 0 Å². The number of benzene rings is 1. The van der Waals surface area contributed by atoms with Crippen molar-refractivity contribution in [1.82, 2.24) is 5.32 Å². The summed E-state index contributed by atoms with van der Waals surface area (Å²) < 4.78 is 0. The first kappa shape index (κ1) is 15.9. The number of hydrogen-bond acceptors (Lipinski definition) is 3. The Bertz CT molecular complexity index is 490. The lowest BCUT2D eigenvalue weighted by Crippen LogP contribution is -2.33. The highest BCUT2D eigenvalue weighted by atomic mass is 15.2. The Kier molecular flexibility index (Phi) is 6.07. The van der Waals surface area contributed by atoms with Crippen LogP contribution in [0.3, 0.4) is 0 Å². The van der Waals surface area contributed by atoms with Crippen LogP contribution in [0.1, 0.15) is 57.1 Å². The van der Waals surface area contributed by atoms with Crippen LogP contribution < -0.4 is 10.2 Å². The lowest BCUT2D eigenvalue weighted by Gasteiger charge is -2.30. The zero-order chi connectivity index (χ0) is 15.1. The molecule has 2 rings (SSSR count). The minimum atomic E-state index is 0.531. The summed E-state index contributed by atoms with van der Waals surface area (Å²) in [6.45, 7) is 7.38. The van der Waals surface area contributed by atoms with Crippen molar-refractivity contribution in [1.29, 1.82) is 5.26 Å². The summed E-state index contributed by atoms with van der Waals surface area (Å²) >= 11 is 0. The average molecular weight is 285 g/mol. The standard InChI is InChI=1S/C18H27N3/c1-3-10-20-14-16-8-9-18(17(12-16)13-19)21-11-6-4-5-7-15(21)2/h8-9,12,15,20H,3-7,10-11,14H2,1-2H3. The van der Waals surface area contributed by atoms with Gasteiger partial charge in [-0.2, -0.15) is 5.26 Å². The van der Waals surface area contributed by atoms with Gasteiger partial charge in [-0.25, -0.2) is 0 Å². The number of hydrogen-bond donors (Lipinski definition) is 1. The molecule has 1 aromatic rings. The molecule has 0 amide bonds. The van der Waals surface area contributed by atoms with Gasteiger partial charge in [0.1, 0.15) is 6.07 Å². The minimum Gasteiger partial charge on any atom is -0.368 e. The molecular weight excluding hydrogens is 258 g/mol. The third-order valence-electron chi connectivity index (χ3n) is 4.30. The third-order valence-corrected chi connectivity index (χ3v) is 4.30. The quantitative estimate of drug-likeness (QED) is 0.836. The van der Waals surface area contributed by atoms with E-state index in [-0.39, 0.29) is 0 Å². The molecule has 1 N–H and O–H groups in total. The molecule has 3 nitrogen and oxygen atoms in total. The Labute approximate surface area is 129 Å². The molecular formula is C18H27N3. The largest absolute Gasteiger partial charge is 0.368 e. The molecule has 1 aliphatic rings. The summed E-state index contributed by atoms with van der Waals surface area (Å²) in [4.78, 5) is 2.43. The van der Waals surface area contributed by atoms with E-state index >= 15 is 0 Å². The minimum absolute atomic E-state index is 0.531. The van der Waals surface area contributed by atoms with Crippen LogP contribution >= 0.6 is 0 Å². The fourth-order valence-corrected chi connectivity index (χ4v) is 3.08. The molecule has 0 saturated carbocycles. The molecule has 0 spiro atoms. The molecule has 21 heavy (non-hydrogen) atoms. The molecule has 1 heterocycles. The summed E-state index contributed by atoms with van der Waals surface area (Å²) in [5, 5.41) is 12.9. The summed E-state index contributed by atoms with van der Waals surface area (Å²) in [6, 6.07) is 9.28. The maximum absolute atomic E-state index is 9.50. The van der Waals surface area contributed by atoms with Gasteiger partial charge in [-0.15, -0.1) is 0 Å². The predicted octanol–water partition coefficient (Wildman–Crippen LogP) is 3.83.